The summed E-state index contributed by atoms with van der Waals surface area (Å²) in [6.07, 6.45) is 0.667. The lowest BCUT2D eigenvalue weighted by Crippen LogP contribution is -2.38. The summed E-state index contributed by atoms with van der Waals surface area (Å²) in [5, 5.41) is 12.6. The second kappa shape index (κ2) is 8.29. The molecular formula is C17H19ClN2O3. The summed E-state index contributed by atoms with van der Waals surface area (Å²) in [5.74, 6) is 0.806. The third-order valence-corrected chi connectivity index (χ3v) is 3.55. The summed E-state index contributed by atoms with van der Waals surface area (Å²) in [5.41, 5.74) is 0.701. The smallest absolute Gasteiger partial charge is 0.321 e. The van der Waals surface area contributed by atoms with E-state index >= 15 is 0 Å². The highest BCUT2D eigenvalue weighted by Gasteiger charge is 2.09. The van der Waals surface area contributed by atoms with Crippen LogP contribution in [0, 0.1) is 0 Å². The van der Waals surface area contributed by atoms with E-state index in [1.165, 1.54) is 17.0 Å². The lowest BCUT2D eigenvalue weighted by atomic mass is 10.3. The molecule has 23 heavy (non-hydrogen) atoms. The fourth-order valence-corrected chi connectivity index (χ4v) is 2.11. The number of nitrogens with one attached hydrogen (secondary N) is 1. The standard InChI is InChI=1S/C17H19ClN2O3/c1-20(13-7-9-14(21)10-8-13)17(22)19-11-4-12-23-16-6-3-2-5-15(16)18/h2-3,5-10,21H,4,11-12H2,1H3,(H,19,22). The number of phenols is 1. The van der Waals surface area contributed by atoms with Crippen LogP contribution in [0.1, 0.15) is 6.42 Å². The van der Waals surface area contributed by atoms with E-state index in [0.717, 1.165) is 0 Å². The van der Waals surface area contributed by atoms with Gasteiger partial charge in [0, 0.05) is 19.3 Å². The van der Waals surface area contributed by atoms with Crippen molar-refractivity contribution in [2.24, 2.45) is 0 Å². The number of anilines is 1. The molecule has 0 saturated carbocycles. The van der Waals surface area contributed by atoms with Crippen LogP contribution in [0.15, 0.2) is 48.5 Å². The van der Waals surface area contributed by atoms with Gasteiger partial charge in [-0.2, -0.15) is 0 Å². The van der Waals surface area contributed by atoms with Gasteiger partial charge < -0.3 is 15.2 Å². The first-order valence-corrected chi connectivity index (χ1v) is 7.63. The molecule has 0 bridgehead atoms. The number of benzene rings is 2. The maximum absolute atomic E-state index is 12.0. The molecule has 2 rings (SSSR count). The third kappa shape index (κ3) is 5.07. The molecule has 0 atom stereocenters. The zero-order chi connectivity index (χ0) is 16.7. The maximum atomic E-state index is 12.0. The van der Waals surface area contributed by atoms with Gasteiger partial charge in [0.05, 0.1) is 11.6 Å². The van der Waals surface area contributed by atoms with Crippen molar-refractivity contribution in [2.75, 3.05) is 25.1 Å². The Bertz CT molecular complexity index is 647. The minimum Gasteiger partial charge on any atom is -0.508 e. The van der Waals surface area contributed by atoms with Gasteiger partial charge in [0.2, 0.25) is 0 Å². The summed E-state index contributed by atoms with van der Waals surface area (Å²) in [7, 11) is 1.67. The molecular weight excluding hydrogens is 316 g/mol. The van der Waals surface area contributed by atoms with Crippen molar-refractivity contribution >= 4 is 23.3 Å². The average Bonchev–Trinajstić information content (AvgIpc) is 2.56. The monoisotopic (exact) mass is 334 g/mol. The number of carbonyl (C=O) groups is 1. The van der Waals surface area contributed by atoms with E-state index in [4.69, 9.17) is 16.3 Å². The number of aromatic hydroxyl groups is 1. The molecule has 2 N–H and O–H groups in total. The molecule has 0 unspecified atom stereocenters. The van der Waals surface area contributed by atoms with E-state index < -0.39 is 0 Å². The fourth-order valence-electron chi connectivity index (χ4n) is 1.92. The Morgan fingerprint density at radius 3 is 2.61 bits per heavy atom. The Labute approximate surface area is 140 Å². The number of para-hydroxylation sites is 1. The number of rotatable bonds is 6. The van der Waals surface area contributed by atoms with Crippen LogP contribution in [-0.4, -0.2) is 31.3 Å². The summed E-state index contributed by atoms with van der Waals surface area (Å²) in [4.78, 5) is 13.5. The summed E-state index contributed by atoms with van der Waals surface area (Å²) in [6, 6.07) is 13.5. The van der Waals surface area contributed by atoms with Crippen molar-refractivity contribution < 1.29 is 14.6 Å². The van der Waals surface area contributed by atoms with Gasteiger partial charge in [0.15, 0.2) is 0 Å². The quantitative estimate of drug-likeness (QED) is 0.792. The number of phenolic OH excluding ortho intramolecular Hbond substituents is 1. The predicted molar refractivity (Wildman–Crippen MR) is 91.5 cm³/mol. The fraction of sp³-hybridized carbons (Fsp3) is 0.235. The van der Waals surface area contributed by atoms with Gasteiger partial charge in [-0.15, -0.1) is 0 Å². The first-order valence-electron chi connectivity index (χ1n) is 7.26. The van der Waals surface area contributed by atoms with E-state index in [-0.39, 0.29) is 11.8 Å². The van der Waals surface area contributed by atoms with Crippen LogP contribution in [-0.2, 0) is 0 Å². The van der Waals surface area contributed by atoms with Crippen molar-refractivity contribution in [3.05, 3.63) is 53.6 Å². The zero-order valence-corrected chi connectivity index (χ0v) is 13.6. The highest BCUT2D eigenvalue weighted by Crippen LogP contribution is 2.23. The molecule has 2 aromatic rings. The number of carbonyl (C=O) groups excluding carboxylic acids is 1. The Balaban J connectivity index is 1.70. The average molecular weight is 335 g/mol. The minimum atomic E-state index is -0.214. The predicted octanol–water partition coefficient (Wildman–Crippen LogP) is 3.66. The molecule has 0 fully saturated rings. The molecule has 2 amide bonds. The van der Waals surface area contributed by atoms with E-state index in [1.807, 2.05) is 12.1 Å². The van der Waals surface area contributed by atoms with E-state index in [1.54, 1.807) is 31.3 Å². The van der Waals surface area contributed by atoms with E-state index in [9.17, 15) is 9.90 Å². The van der Waals surface area contributed by atoms with Gasteiger partial charge in [-0.1, -0.05) is 23.7 Å². The Morgan fingerprint density at radius 1 is 1.22 bits per heavy atom. The molecule has 0 heterocycles. The molecule has 2 aromatic carbocycles. The number of hydrogen-bond donors (Lipinski definition) is 2. The number of ether oxygens (including phenoxy) is 1. The maximum Gasteiger partial charge on any atom is 0.321 e. The third-order valence-electron chi connectivity index (χ3n) is 3.23. The molecule has 0 radical (unpaired) electrons. The topological polar surface area (TPSA) is 61.8 Å². The van der Waals surface area contributed by atoms with Crippen molar-refractivity contribution in [1.82, 2.24) is 5.32 Å². The van der Waals surface area contributed by atoms with Crippen LogP contribution < -0.4 is 15.0 Å². The molecule has 0 saturated heterocycles. The largest absolute Gasteiger partial charge is 0.508 e. The lowest BCUT2D eigenvalue weighted by molar-refractivity contribution is 0.245. The Hall–Kier alpha value is -2.40. The van der Waals surface area contributed by atoms with Crippen LogP contribution in [0.5, 0.6) is 11.5 Å². The minimum absolute atomic E-state index is 0.166. The first-order chi connectivity index (χ1) is 11.1. The van der Waals surface area contributed by atoms with Crippen molar-refractivity contribution in [3.63, 3.8) is 0 Å². The highest BCUT2D eigenvalue weighted by molar-refractivity contribution is 6.32. The number of halogens is 1. The van der Waals surface area contributed by atoms with Crippen molar-refractivity contribution in [2.45, 2.75) is 6.42 Å². The lowest BCUT2D eigenvalue weighted by Gasteiger charge is -2.18. The number of hydrogen-bond acceptors (Lipinski definition) is 3. The Morgan fingerprint density at radius 2 is 1.91 bits per heavy atom. The summed E-state index contributed by atoms with van der Waals surface area (Å²) < 4.78 is 5.55. The van der Waals surface area contributed by atoms with E-state index in [0.29, 0.717) is 36.0 Å². The van der Waals surface area contributed by atoms with E-state index in [2.05, 4.69) is 5.32 Å². The first kappa shape index (κ1) is 17.0. The molecule has 0 aromatic heterocycles. The zero-order valence-electron chi connectivity index (χ0n) is 12.8. The molecule has 5 nitrogen and oxygen atoms in total. The number of urea groups is 1. The van der Waals surface area contributed by atoms with Gasteiger partial charge in [0.25, 0.3) is 0 Å². The molecule has 0 aliphatic rings. The molecule has 0 aliphatic heterocycles. The highest BCUT2D eigenvalue weighted by atomic mass is 35.5. The number of amides is 2. The SMILES string of the molecule is CN(C(=O)NCCCOc1ccccc1Cl)c1ccc(O)cc1. The van der Waals surface area contributed by atoms with Crippen LogP contribution in [0.4, 0.5) is 10.5 Å². The van der Waals surface area contributed by atoms with Gasteiger partial charge >= 0.3 is 6.03 Å². The normalized spacial score (nSPS) is 10.2. The molecule has 0 spiro atoms. The second-order valence-corrected chi connectivity index (χ2v) is 5.35. The molecule has 0 aliphatic carbocycles. The van der Waals surface area contributed by atoms with Crippen molar-refractivity contribution in [3.8, 4) is 11.5 Å². The summed E-state index contributed by atoms with van der Waals surface area (Å²) in [6.45, 7) is 0.957. The Kier molecular flexibility index (Phi) is 6.11. The van der Waals surface area contributed by atoms with Gasteiger partial charge in [-0.3, -0.25) is 4.90 Å². The van der Waals surface area contributed by atoms with Crippen molar-refractivity contribution in [1.29, 1.82) is 0 Å². The van der Waals surface area contributed by atoms with Crippen LogP contribution >= 0.6 is 11.6 Å². The van der Waals surface area contributed by atoms with Crippen LogP contribution in [0.3, 0.4) is 0 Å². The van der Waals surface area contributed by atoms with Crippen LogP contribution in [0.2, 0.25) is 5.02 Å². The molecule has 122 valence electrons. The van der Waals surface area contributed by atoms with Gasteiger partial charge in [0.1, 0.15) is 11.5 Å². The van der Waals surface area contributed by atoms with Crippen LogP contribution in [0.25, 0.3) is 0 Å². The second-order valence-electron chi connectivity index (χ2n) is 4.94. The number of nitrogens with zero attached hydrogens (tertiary/aromatic N) is 1. The van der Waals surface area contributed by atoms with Gasteiger partial charge in [-0.25, -0.2) is 4.79 Å². The van der Waals surface area contributed by atoms with Gasteiger partial charge in [-0.05, 0) is 42.8 Å². The summed E-state index contributed by atoms with van der Waals surface area (Å²) >= 11 is 5.99. The molecule has 6 heteroatoms.